The van der Waals surface area contributed by atoms with Crippen molar-refractivity contribution >= 4 is 37.5 Å². The molecule has 0 spiro atoms. The van der Waals surface area contributed by atoms with E-state index >= 15 is 0 Å². The number of ether oxygens (including phenoxy) is 3. The van der Waals surface area contributed by atoms with Crippen molar-refractivity contribution in [1.29, 1.82) is 0 Å². The van der Waals surface area contributed by atoms with E-state index in [9.17, 15) is 36.0 Å². The Morgan fingerprint density at radius 3 is 2.50 bits per heavy atom. The van der Waals surface area contributed by atoms with E-state index in [1.165, 1.54) is 33.2 Å². The molecule has 18 heteroatoms. The van der Waals surface area contributed by atoms with Crippen LogP contribution in [0.15, 0.2) is 44.7 Å². The number of nitrogens with one attached hydrogen (secondary N) is 1. The lowest BCUT2D eigenvalue weighted by Crippen LogP contribution is -2.57. The van der Waals surface area contributed by atoms with Gasteiger partial charge in [-0.05, 0) is 90.0 Å². The summed E-state index contributed by atoms with van der Waals surface area (Å²) in [5.74, 6) is -2.13. The van der Waals surface area contributed by atoms with Gasteiger partial charge in [0.15, 0.2) is 0 Å². The van der Waals surface area contributed by atoms with Crippen LogP contribution in [0, 0.1) is 12.7 Å². The SMILES string of the molecule is Cc1c(-c2ncco2)sc2c1c(=O)n(C(C)(C)C(=O)NS(=O)(=O)C1(C)CC1)c(=O)n2CC(OC1C[C@H]2CC[C@@H](C1)O2)c1cc(F)ccc1OC(F)F. The smallest absolute Gasteiger partial charge is 0.387 e. The summed E-state index contributed by atoms with van der Waals surface area (Å²) in [5, 5.41) is 0.00171. The molecule has 1 N–H and O–H groups in total. The van der Waals surface area contributed by atoms with Crippen LogP contribution in [0.25, 0.3) is 21.0 Å². The van der Waals surface area contributed by atoms with Crippen molar-refractivity contribution in [2.45, 2.75) is 114 Å². The first-order valence-corrected chi connectivity index (χ1v) is 19.1. The molecule has 52 heavy (non-hydrogen) atoms. The molecule has 280 valence electrons. The van der Waals surface area contributed by atoms with E-state index in [4.69, 9.17) is 18.6 Å². The van der Waals surface area contributed by atoms with Gasteiger partial charge in [-0.15, -0.1) is 11.3 Å². The zero-order valence-corrected chi connectivity index (χ0v) is 30.3. The van der Waals surface area contributed by atoms with Gasteiger partial charge in [-0.1, -0.05) is 0 Å². The number of thiophene rings is 1. The van der Waals surface area contributed by atoms with Crippen LogP contribution in [0.4, 0.5) is 13.2 Å². The number of benzene rings is 1. The van der Waals surface area contributed by atoms with Crippen LogP contribution in [0.1, 0.15) is 76.5 Å². The number of carbonyl (C=O) groups is 1. The second kappa shape index (κ2) is 13.1. The van der Waals surface area contributed by atoms with E-state index < -0.39 is 68.6 Å². The number of halogens is 3. The van der Waals surface area contributed by atoms with Crippen LogP contribution in [0.5, 0.6) is 5.75 Å². The van der Waals surface area contributed by atoms with Crippen LogP contribution in [-0.2, 0) is 36.4 Å². The number of sulfonamides is 1. The predicted octanol–water partition coefficient (Wildman–Crippen LogP) is 5.13. The van der Waals surface area contributed by atoms with Gasteiger partial charge in [0.1, 0.15) is 34.3 Å². The molecule has 3 fully saturated rings. The molecular formula is C34H37F3N4O9S2. The molecule has 2 unspecified atom stereocenters. The summed E-state index contributed by atoms with van der Waals surface area (Å²) in [6.45, 7) is 1.87. The fraction of sp³-hybridized carbons (Fsp3) is 0.529. The molecular weight excluding hydrogens is 730 g/mol. The number of aryl methyl sites for hydroxylation is 1. The summed E-state index contributed by atoms with van der Waals surface area (Å²) < 4.78 is 93.9. The van der Waals surface area contributed by atoms with E-state index in [0.717, 1.165) is 46.9 Å². The molecule has 3 aromatic heterocycles. The molecule has 13 nitrogen and oxygen atoms in total. The Bertz CT molecular complexity index is 2250. The van der Waals surface area contributed by atoms with Crippen LogP contribution in [-0.4, -0.2) is 58.1 Å². The highest BCUT2D eigenvalue weighted by atomic mass is 32.2. The monoisotopic (exact) mass is 766 g/mol. The Morgan fingerprint density at radius 1 is 1.19 bits per heavy atom. The summed E-state index contributed by atoms with van der Waals surface area (Å²) >= 11 is 0.994. The molecule has 1 saturated carbocycles. The number of hydrogen-bond acceptors (Lipinski definition) is 11. The number of alkyl halides is 2. The van der Waals surface area contributed by atoms with Crippen LogP contribution in [0.2, 0.25) is 0 Å². The average Bonchev–Trinajstić information content (AvgIpc) is 3.35. The van der Waals surface area contributed by atoms with Gasteiger partial charge in [0.05, 0.1) is 46.1 Å². The van der Waals surface area contributed by atoms with Gasteiger partial charge in [-0.3, -0.25) is 18.9 Å². The summed E-state index contributed by atoms with van der Waals surface area (Å²) in [5.41, 5.74) is -3.74. The van der Waals surface area contributed by atoms with Crippen molar-refractivity contribution in [3.8, 4) is 16.5 Å². The second-order valence-electron chi connectivity index (χ2n) is 14.3. The third-order valence-electron chi connectivity index (χ3n) is 10.3. The Balaban J connectivity index is 1.41. The highest BCUT2D eigenvalue weighted by Crippen LogP contribution is 2.43. The van der Waals surface area contributed by atoms with Gasteiger partial charge < -0.3 is 18.6 Å². The lowest BCUT2D eigenvalue weighted by atomic mass is 10.0. The fourth-order valence-corrected chi connectivity index (χ4v) is 9.59. The number of amides is 1. The maximum Gasteiger partial charge on any atom is 0.387 e. The van der Waals surface area contributed by atoms with Crippen LogP contribution in [0.3, 0.4) is 0 Å². The van der Waals surface area contributed by atoms with E-state index in [0.29, 0.717) is 40.7 Å². The Morgan fingerprint density at radius 2 is 1.88 bits per heavy atom. The molecule has 2 saturated heterocycles. The molecule has 1 aliphatic carbocycles. The van der Waals surface area contributed by atoms with Crippen molar-refractivity contribution in [3.63, 3.8) is 0 Å². The average molecular weight is 767 g/mol. The number of oxazole rings is 1. The molecule has 1 amide bonds. The summed E-state index contributed by atoms with van der Waals surface area (Å²) in [4.78, 5) is 47.5. The number of carbonyl (C=O) groups excluding carboxylic acids is 1. The summed E-state index contributed by atoms with van der Waals surface area (Å²) in [6.07, 6.45) is 3.99. The van der Waals surface area contributed by atoms with Gasteiger partial charge >= 0.3 is 12.3 Å². The van der Waals surface area contributed by atoms with Gasteiger partial charge in [0.2, 0.25) is 15.9 Å². The topological polar surface area (TPSA) is 161 Å². The minimum absolute atomic E-state index is 0.00171. The van der Waals surface area contributed by atoms with Gasteiger partial charge in [0.25, 0.3) is 11.5 Å². The van der Waals surface area contributed by atoms with Crippen LogP contribution < -0.4 is 20.7 Å². The zero-order valence-electron chi connectivity index (χ0n) is 28.7. The third kappa shape index (κ3) is 6.47. The normalized spacial score (nSPS) is 21.8. The molecule has 5 heterocycles. The highest BCUT2D eigenvalue weighted by Gasteiger charge is 2.52. The van der Waals surface area contributed by atoms with Crippen molar-refractivity contribution in [3.05, 3.63) is 68.4 Å². The van der Waals surface area contributed by atoms with Crippen molar-refractivity contribution in [2.24, 2.45) is 0 Å². The fourth-order valence-electron chi connectivity index (χ4n) is 6.96. The van der Waals surface area contributed by atoms with E-state index in [2.05, 4.69) is 9.71 Å². The minimum Gasteiger partial charge on any atom is -0.444 e. The first kappa shape index (κ1) is 36.4. The number of aromatic nitrogens is 3. The lowest BCUT2D eigenvalue weighted by molar-refractivity contribution is -0.126. The first-order chi connectivity index (χ1) is 24.5. The molecule has 4 atom stereocenters. The molecule has 4 aromatic rings. The van der Waals surface area contributed by atoms with E-state index in [1.807, 2.05) is 0 Å². The maximum atomic E-state index is 14.9. The van der Waals surface area contributed by atoms with E-state index in [-0.39, 0.29) is 39.6 Å². The summed E-state index contributed by atoms with van der Waals surface area (Å²) in [6, 6.07) is 3.00. The molecule has 2 bridgehead atoms. The van der Waals surface area contributed by atoms with Crippen molar-refractivity contribution in [1.82, 2.24) is 18.8 Å². The number of fused-ring (bicyclic) bond motifs is 3. The van der Waals surface area contributed by atoms with Gasteiger partial charge in [-0.2, -0.15) is 8.78 Å². The Labute approximate surface area is 299 Å². The van der Waals surface area contributed by atoms with E-state index in [1.54, 1.807) is 6.92 Å². The maximum absolute atomic E-state index is 14.9. The highest BCUT2D eigenvalue weighted by molar-refractivity contribution is 7.91. The first-order valence-electron chi connectivity index (χ1n) is 16.8. The summed E-state index contributed by atoms with van der Waals surface area (Å²) in [7, 11) is -4.17. The molecule has 3 aliphatic rings. The lowest BCUT2D eigenvalue weighted by Gasteiger charge is -2.33. The molecule has 0 radical (unpaired) electrons. The molecule has 2 aliphatic heterocycles. The van der Waals surface area contributed by atoms with Gasteiger partial charge in [-0.25, -0.2) is 27.2 Å². The number of nitrogens with zero attached hydrogens (tertiary/aromatic N) is 3. The van der Waals surface area contributed by atoms with Crippen molar-refractivity contribution < 1.29 is 45.0 Å². The van der Waals surface area contributed by atoms with Crippen molar-refractivity contribution in [2.75, 3.05) is 0 Å². The van der Waals surface area contributed by atoms with Crippen LogP contribution >= 0.6 is 11.3 Å². The Kier molecular flexibility index (Phi) is 9.19. The zero-order chi connectivity index (χ0) is 37.3. The second-order valence-corrected chi connectivity index (χ2v) is 17.5. The number of rotatable bonds is 12. The van der Waals surface area contributed by atoms with Gasteiger partial charge in [0, 0.05) is 5.56 Å². The predicted molar refractivity (Wildman–Crippen MR) is 182 cm³/mol. The third-order valence-corrected chi connectivity index (χ3v) is 13.7. The molecule has 1 aromatic carbocycles. The Hall–Kier alpha value is -4.00. The number of hydrogen-bond donors (Lipinski definition) is 1. The molecule has 7 rings (SSSR count). The quantitative estimate of drug-likeness (QED) is 0.205. The standard InChI is InChI=1S/C34H37F3N4O9S2/c1-17-25-28(42)41(33(2,3)30(43)39-52(45,46)34(4)9-10-34)32(44)40(29(25)51-26(17)27-38-11-12-47-27)16-24(49-21-14-19-6-7-20(15-21)48-19)22-13-18(35)5-8-23(22)50-31(36)37/h5,8,11-13,19-21,24,31H,6-7,9-10,14-16H2,1-4H3,(H,39,43)/t19-,20+,21?,24?. The largest absolute Gasteiger partial charge is 0.444 e. The minimum atomic E-state index is -4.17.